The van der Waals surface area contributed by atoms with Gasteiger partial charge in [0.15, 0.2) is 0 Å². The van der Waals surface area contributed by atoms with Crippen molar-refractivity contribution in [3.63, 3.8) is 0 Å². The van der Waals surface area contributed by atoms with Gasteiger partial charge < -0.3 is 4.90 Å². The average Bonchev–Trinajstić information content (AvgIpc) is 2.48. The van der Waals surface area contributed by atoms with Crippen LogP contribution in [0.4, 0.5) is 11.4 Å². The molecule has 0 N–H and O–H groups in total. The Labute approximate surface area is 123 Å². The normalized spacial score (nSPS) is 9.95. The van der Waals surface area contributed by atoms with E-state index in [1.165, 1.54) is 11.6 Å². The minimum atomic E-state index is -0.539. The molecule has 21 heavy (non-hydrogen) atoms. The Bertz CT molecular complexity index is 702. The Hall–Kier alpha value is -2.87. The number of hydrogen-bond acceptors (Lipinski definition) is 4. The summed E-state index contributed by atoms with van der Waals surface area (Å²) in [6, 6.07) is 14.6. The summed E-state index contributed by atoms with van der Waals surface area (Å²) in [6.45, 7) is 2.70. The van der Waals surface area contributed by atoms with E-state index in [0.717, 1.165) is 11.3 Å². The van der Waals surface area contributed by atoms with Crippen molar-refractivity contribution in [3.05, 3.63) is 69.3 Å². The second-order valence-corrected chi connectivity index (χ2v) is 4.91. The molecule has 5 nitrogen and oxygen atoms in total. The summed E-state index contributed by atoms with van der Waals surface area (Å²) in [4.78, 5) is 12.2. The number of hydrogen-bond donors (Lipinski definition) is 0. The summed E-state index contributed by atoms with van der Waals surface area (Å²) in [5, 5.41) is 19.8. The van der Waals surface area contributed by atoms with Crippen LogP contribution in [0, 0.1) is 28.4 Å². The fraction of sp³-hybridized carbons (Fsp3) is 0.188. The molecule has 0 saturated heterocycles. The molecule has 0 aliphatic carbocycles. The van der Waals surface area contributed by atoms with E-state index in [1.54, 1.807) is 12.1 Å². The number of rotatable bonds is 4. The molecule has 2 aromatic rings. The molecule has 2 rings (SSSR count). The first-order valence-electron chi connectivity index (χ1n) is 6.46. The van der Waals surface area contributed by atoms with Crippen LogP contribution in [0.1, 0.15) is 16.7 Å². The average molecular weight is 281 g/mol. The smallest absolute Gasteiger partial charge is 0.287 e. The minimum Gasteiger partial charge on any atom is -0.370 e. The van der Waals surface area contributed by atoms with Crippen LogP contribution in [-0.4, -0.2) is 12.0 Å². The highest BCUT2D eigenvalue weighted by Crippen LogP contribution is 2.24. The Morgan fingerprint density at radius 2 is 1.90 bits per heavy atom. The Morgan fingerprint density at radius 3 is 2.48 bits per heavy atom. The molecule has 0 aliphatic heterocycles. The van der Waals surface area contributed by atoms with E-state index < -0.39 is 4.92 Å². The van der Waals surface area contributed by atoms with Crippen LogP contribution in [0.3, 0.4) is 0 Å². The Balaban J connectivity index is 2.23. The number of benzene rings is 2. The van der Waals surface area contributed by atoms with Gasteiger partial charge in [-0.3, -0.25) is 10.1 Å². The fourth-order valence-electron chi connectivity index (χ4n) is 2.07. The maximum Gasteiger partial charge on any atom is 0.287 e. The quantitative estimate of drug-likeness (QED) is 0.636. The maximum absolute atomic E-state index is 10.8. The van der Waals surface area contributed by atoms with Gasteiger partial charge in [-0.15, -0.1) is 0 Å². The number of anilines is 1. The monoisotopic (exact) mass is 281 g/mol. The number of nitro benzene ring substituents is 1. The van der Waals surface area contributed by atoms with Crippen molar-refractivity contribution >= 4 is 11.4 Å². The third-order valence-electron chi connectivity index (χ3n) is 3.28. The SMILES string of the molecule is Cc1ccc(CN(C)c2ccc([N+](=O)[O-])c(C#N)c2)cc1. The molecular weight excluding hydrogens is 266 g/mol. The molecule has 0 aromatic heterocycles. The van der Waals surface area contributed by atoms with Gasteiger partial charge in [-0.25, -0.2) is 0 Å². The van der Waals surface area contributed by atoms with Crippen LogP contribution >= 0.6 is 0 Å². The van der Waals surface area contributed by atoms with Gasteiger partial charge in [-0.1, -0.05) is 29.8 Å². The molecule has 0 radical (unpaired) electrons. The van der Waals surface area contributed by atoms with Crippen LogP contribution in [0.15, 0.2) is 42.5 Å². The highest BCUT2D eigenvalue weighted by molar-refractivity contribution is 5.59. The van der Waals surface area contributed by atoms with Crippen molar-refractivity contribution in [2.45, 2.75) is 13.5 Å². The van der Waals surface area contributed by atoms with E-state index >= 15 is 0 Å². The van der Waals surface area contributed by atoms with Gasteiger partial charge in [0, 0.05) is 25.3 Å². The largest absolute Gasteiger partial charge is 0.370 e. The molecule has 0 aliphatic rings. The van der Waals surface area contributed by atoms with Gasteiger partial charge in [0.25, 0.3) is 5.69 Å². The molecule has 0 atom stereocenters. The van der Waals surface area contributed by atoms with Crippen molar-refractivity contribution in [3.8, 4) is 6.07 Å². The van der Waals surface area contributed by atoms with Crippen molar-refractivity contribution in [1.29, 1.82) is 5.26 Å². The summed E-state index contributed by atoms with van der Waals surface area (Å²) >= 11 is 0. The summed E-state index contributed by atoms with van der Waals surface area (Å²) < 4.78 is 0. The molecule has 0 unspecified atom stereocenters. The third-order valence-corrected chi connectivity index (χ3v) is 3.28. The standard InChI is InChI=1S/C16H15N3O2/c1-12-3-5-13(6-4-12)11-18(2)15-7-8-16(19(20)21)14(9-15)10-17/h3-9H,11H2,1-2H3. The van der Waals surface area contributed by atoms with Gasteiger partial charge in [0.05, 0.1) is 4.92 Å². The van der Waals surface area contributed by atoms with Crippen molar-refractivity contribution in [2.24, 2.45) is 0 Å². The van der Waals surface area contributed by atoms with Gasteiger partial charge in [0.1, 0.15) is 11.6 Å². The lowest BCUT2D eigenvalue weighted by Crippen LogP contribution is -2.16. The molecule has 0 saturated carbocycles. The van der Waals surface area contributed by atoms with Crippen LogP contribution in [-0.2, 0) is 6.54 Å². The predicted molar refractivity (Wildman–Crippen MR) is 81.1 cm³/mol. The summed E-state index contributed by atoms with van der Waals surface area (Å²) in [6.07, 6.45) is 0. The first kappa shape index (κ1) is 14.5. The molecule has 2 aromatic carbocycles. The van der Waals surface area contributed by atoms with Crippen LogP contribution in [0.2, 0.25) is 0 Å². The summed E-state index contributed by atoms with van der Waals surface area (Å²) in [5.74, 6) is 0. The highest BCUT2D eigenvalue weighted by Gasteiger charge is 2.15. The number of aryl methyl sites for hydroxylation is 1. The first-order valence-corrected chi connectivity index (χ1v) is 6.46. The van der Waals surface area contributed by atoms with Crippen molar-refractivity contribution in [1.82, 2.24) is 0 Å². The second kappa shape index (κ2) is 6.06. The lowest BCUT2D eigenvalue weighted by Gasteiger charge is -2.19. The number of nitrogens with zero attached hydrogens (tertiary/aromatic N) is 3. The number of nitro groups is 1. The van der Waals surface area contributed by atoms with Crippen LogP contribution in [0.5, 0.6) is 0 Å². The first-order chi connectivity index (χ1) is 10.0. The van der Waals surface area contributed by atoms with E-state index in [2.05, 4.69) is 0 Å². The van der Waals surface area contributed by atoms with Gasteiger partial charge in [-0.05, 0) is 24.6 Å². The molecule has 0 amide bonds. The molecule has 5 heteroatoms. The zero-order chi connectivity index (χ0) is 15.4. The Kier molecular flexibility index (Phi) is 4.19. The molecule has 0 bridgehead atoms. The predicted octanol–water partition coefficient (Wildman–Crippen LogP) is 3.41. The van der Waals surface area contributed by atoms with Gasteiger partial charge >= 0.3 is 0 Å². The molecule has 0 fully saturated rings. The van der Waals surface area contributed by atoms with Gasteiger partial charge in [0.2, 0.25) is 0 Å². The Morgan fingerprint density at radius 1 is 1.24 bits per heavy atom. The van der Waals surface area contributed by atoms with E-state index in [4.69, 9.17) is 5.26 Å². The van der Waals surface area contributed by atoms with Crippen LogP contribution in [0.25, 0.3) is 0 Å². The van der Waals surface area contributed by atoms with Crippen LogP contribution < -0.4 is 4.90 Å². The van der Waals surface area contributed by atoms with Crippen molar-refractivity contribution < 1.29 is 4.92 Å². The zero-order valence-corrected chi connectivity index (χ0v) is 11.9. The minimum absolute atomic E-state index is 0.0771. The highest BCUT2D eigenvalue weighted by atomic mass is 16.6. The third kappa shape index (κ3) is 3.37. The molecule has 0 heterocycles. The summed E-state index contributed by atoms with van der Waals surface area (Å²) in [7, 11) is 1.89. The maximum atomic E-state index is 10.8. The molecule has 106 valence electrons. The van der Waals surface area contributed by atoms with E-state index in [0.29, 0.717) is 6.54 Å². The fourth-order valence-corrected chi connectivity index (χ4v) is 2.07. The topological polar surface area (TPSA) is 70.2 Å². The van der Waals surface area contributed by atoms with E-state index in [9.17, 15) is 10.1 Å². The van der Waals surface area contributed by atoms with E-state index in [1.807, 2.05) is 49.2 Å². The second-order valence-electron chi connectivity index (χ2n) is 4.91. The zero-order valence-electron chi connectivity index (χ0n) is 11.9. The molecule has 0 spiro atoms. The lowest BCUT2D eigenvalue weighted by atomic mass is 10.1. The number of nitriles is 1. The van der Waals surface area contributed by atoms with E-state index in [-0.39, 0.29) is 11.3 Å². The lowest BCUT2D eigenvalue weighted by molar-refractivity contribution is -0.385. The van der Waals surface area contributed by atoms with Gasteiger partial charge in [-0.2, -0.15) is 5.26 Å². The molecular formula is C16H15N3O2. The summed E-state index contributed by atoms with van der Waals surface area (Å²) in [5.41, 5.74) is 3.03. The van der Waals surface area contributed by atoms with Crippen molar-refractivity contribution in [2.75, 3.05) is 11.9 Å².